The molecule has 8 heteroatoms. The summed E-state index contributed by atoms with van der Waals surface area (Å²) in [6, 6.07) is 0.0365. The number of oxazole rings is 1. The van der Waals surface area contributed by atoms with E-state index in [9.17, 15) is 13.2 Å². The van der Waals surface area contributed by atoms with Crippen LogP contribution in [0.1, 0.15) is 35.0 Å². The maximum absolute atomic E-state index is 12.5. The minimum absolute atomic E-state index is 0.0365. The lowest BCUT2D eigenvalue weighted by Gasteiger charge is -2.18. The third kappa shape index (κ3) is 4.16. The number of likely N-dealkylation sites (tertiary alicyclic amines) is 1. The number of sulfone groups is 1. The molecule has 2 atom stereocenters. The Balaban J connectivity index is 1.64. The van der Waals surface area contributed by atoms with Crippen molar-refractivity contribution in [2.45, 2.75) is 32.7 Å². The number of carbonyl (C=O) groups excluding carboxylic acids is 1. The van der Waals surface area contributed by atoms with Crippen LogP contribution < -0.4 is 5.32 Å². The molecule has 1 aromatic rings. The van der Waals surface area contributed by atoms with Gasteiger partial charge in [0.2, 0.25) is 5.76 Å². The molecule has 1 aromatic heterocycles. The minimum Gasteiger partial charge on any atom is -0.436 e. The third-order valence-electron chi connectivity index (χ3n) is 4.87. The Labute approximate surface area is 142 Å². The zero-order chi connectivity index (χ0) is 17.5. The Morgan fingerprint density at radius 2 is 2.04 bits per heavy atom. The van der Waals surface area contributed by atoms with Crippen LogP contribution in [0.4, 0.5) is 0 Å². The van der Waals surface area contributed by atoms with Gasteiger partial charge in [0.1, 0.15) is 9.84 Å². The second-order valence-corrected chi connectivity index (χ2v) is 9.38. The fourth-order valence-corrected chi connectivity index (χ4v) is 4.11. The van der Waals surface area contributed by atoms with Gasteiger partial charge in [0.05, 0.1) is 11.4 Å². The highest BCUT2D eigenvalue weighted by Gasteiger charge is 2.43. The Morgan fingerprint density at radius 1 is 1.33 bits per heavy atom. The first-order valence-electron chi connectivity index (χ1n) is 8.38. The van der Waals surface area contributed by atoms with Crippen LogP contribution in [0.2, 0.25) is 0 Å². The highest BCUT2D eigenvalue weighted by atomic mass is 32.2. The van der Waals surface area contributed by atoms with Gasteiger partial charge in [0.25, 0.3) is 5.91 Å². The van der Waals surface area contributed by atoms with Crippen molar-refractivity contribution in [2.24, 2.45) is 11.8 Å². The largest absolute Gasteiger partial charge is 0.436 e. The standard InChI is InChI=1S/C16H25N3O4S/c1-10-15(23-11(2)17-10)16(20)18-14-9-19(6-7-24(3,21)22)8-13(14)12-4-5-12/h12-14H,4-9H2,1-3H3,(H,18,20)/t13-,14+/m1/s1. The van der Waals surface area contributed by atoms with Gasteiger partial charge in [-0.25, -0.2) is 13.4 Å². The van der Waals surface area contributed by atoms with Crippen LogP contribution in [-0.4, -0.2) is 61.9 Å². The molecule has 0 spiro atoms. The molecular weight excluding hydrogens is 330 g/mol. The van der Waals surface area contributed by atoms with E-state index in [2.05, 4.69) is 15.2 Å². The predicted molar refractivity (Wildman–Crippen MR) is 89.6 cm³/mol. The molecular formula is C16H25N3O4S. The molecule has 0 bridgehead atoms. The molecule has 1 aliphatic heterocycles. The molecule has 0 radical (unpaired) electrons. The van der Waals surface area contributed by atoms with Crippen molar-refractivity contribution < 1.29 is 17.6 Å². The molecule has 1 saturated heterocycles. The summed E-state index contributed by atoms with van der Waals surface area (Å²) in [5.41, 5.74) is 0.597. The maximum atomic E-state index is 12.5. The van der Waals surface area contributed by atoms with Crippen LogP contribution in [0.25, 0.3) is 0 Å². The third-order valence-corrected chi connectivity index (χ3v) is 5.80. The maximum Gasteiger partial charge on any atom is 0.289 e. The van der Waals surface area contributed by atoms with E-state index in [0.29, 0.717) is 36.5 Å². The molecule has 2 heterocycles. The first-order valence-corrected chi connectivity index (χ1v) is 10.4. The van der Waals surface area contributed by atoms with Gasteiger partial charge in [-0.05, 0) is 31.6 Å². The number of amides is 1. The van der Waals surface area contributed by atoms with E-state index in [4.69, 9.17) is 4.42 Å². The van der Waals surface area contributed by atoms with E-state index < -0.39 is 9.84 Å². The number of aromatic nitrogens is 1. The molecule has 1 amide bonds. The summed E-state index contributed by atoms with van der Waals surface area (Å²) in [5, 5.41) is 3.08. The Bertz CT molecular complexity index is 724. The van der Waals surface area contributed by atoms with Crippen LogP contribution in [0.3, 0.4) is 0 Å². The molecule has 0 aromatic carbocycles. The average Bonchev–Trinajstić information content (AvgIpc) is 3.15. The first kappa shape index (κ1) is 17.4. The Hall–Kier alpha value is -1.41. The highest BCUT2D eigenvalue weighted by Crippen LogP contribution is 2.41. The van der Waals surface area contributed by atoms with Gasteiger partial charge < -0.3 is 9.73 Å². The van der Waals surface area contributed by atoms with Gasteiger partial charge in [-0.2, -0.15) is 0 Å². The van der Waals surface area contributed by atoms with Gasteiger partial charge in [0.15, 0.2) is 5.89 Å². The zero-order valence-electron chi connectivity index (χ0n) is 14.4. The lowest BCUT2D eigenvalue weighted by Crippen LogP contribution is -2.41. The Morgan fingerprint density at radius 3 is 2.58 bits per heavy atom. The summed E-state index contributed by atoms with van der Waals surface area (Å²) in [5.74, 6) is 1.71. The number of nitrogens with one attached hydrogen (secondary N) is 1. The lowest BCUT2D eigenvalue weighted by molar-refractivity contribution is 0.0897. The fraction of sp³-hybridized carbons (Fsp3) is 0.750. The molecule has 134 valence electrons. The smallest absolute Gasteiger partial charge is 0.289 e. The zero-order valence-corrected chi connectivity index (χ0v) is 15.2. The molecule has 0 unspecified atom stereocenters. The summed E-state index contributed by atoms with van der Waals surface area (Å²) in [4.78, 5) is 18.8. The number of hydrogen-bond acceptors (Lipinski definition) is 6. The van der Waals surface area contributed by atoms with Crippen LogP contribution in [0, 0.1) is 25.7 Å². The number of carbonyl (C=O) groups is 1. The normalized spacial score (nSPS) is 25.1. The second-order valence-electron chi connectivity index (χ2n) is 7.12. The fourth-order valence-electron chi connectivity index (χ4n) is 3.52. The van der Waals surface area contributed by atoms with Crippen molar-refractivity contribution in [3.05, 3.63) is 17.3 Å². The lowest BCUT2D eigenvalue weighted by atomic mass is 9.98. The van der Waals surface area contributed by atoms with E-state index in [1.165, 1.54) is 19.1 Å². The van der Waals surface area contributed by atoms with Crippen LogP contribution >= 0.6 is 0 Å². The van der Waals surface area contributed by atoms with Gasteiger partial charge >= 0.3 is 0 Å². The van der Waals surface area contributed by atoms with Crippen molar-refractivity contribution >= 4 is 15.7 Å². The van der Waals surface area contributed by atoms with Crippen LogP contribution in [-0.2, 0) is 9.84 Å². The predicted octanol–water partition coefficient (Wildman–Crippen LogP) is 0.776. The molecule has 1 N–H and O–H groups in total. The summed E-state index contributed by atoms with van der Waals surface area (Å²) < 4.78 is 28.2. The first-order chi connectivity index (χ1) is 11.2. The van der Waals surface area contributed by atoms with E-state index in [1.54, 1.807) is 13.8 Å². The second kappa shape index (κ2) is 6.48. The number of rotatable bonds is 6. The van der Waals surface area contributed by atoms with Crippen molar-refractivity contribution in [1.29, 1.82) is 0 Å². The van der Waals surface area contributed by atoms with Crippen LogP contribution in [0.15, 0.2) is 4.42 Å². The number of nitrogens with zero attached hydrogens (tertiary/aromatic N) is 2. The van der Waals surface area contributed by atoms with Gasteiger partial charge in [-0.3, -0.25) is 9.69 Å². The molecule has 2 fully saturated rings. The quantitative estimate of drug-likeness (QED) is 0.810. The van der Waals surface area contributed by atoms with E-state index in [1.807, 2.05) is 0 Å². The SMILES string of the molecule is Cc1nc(C)c(C(=O)N[C@H]2CN(CCS(C)(=O)=O)C[C@@H]2C2CC2)o1. The van der Waals surface area contributed by atoms with E-state index in [-0.39, 0.29) is 23.5 Å². The number of hydrogen-bond donors (Lipinski definition) is 1. The molecule has 1 aliphatic carbocycles. The summed E-state index contributed by atoms with van der Waals surface area (Å²) in [6.45, 7) is 5.54. The van der Waals surface area contributed by atoms with Crippen LogP contribution in [0.5, 0.6) is 0 Å². The monoisotopic (exact) mass is 355 g/mol. The average molecular weight is 355 g/mol. The van der Waals surface area contributed by atoms with E-state index in [0.717, 1.165) is 6.54 Å². The highest BCUT2D eigenvalue weighted by molar-refractivity contribution is 7.90. The molecule has 2 aliphatic rings. The van der Waals surface area contributed by atoms with Gasteiger partial charge in [-0.15, -0.1) is 0 Å². The Kier molecular flexibility index (Phi) is 4.70. The van der Waals surface area contributed by atoms with E-state index >= 15 is 0 Å². The van der Waals surface area contributed by atoms with Crippen molar-refractivity contribution in [3.63, 3.8) is 0 Å². The number of aryl methyl sites for hydroxylation is 2. The molecule has 24 heavy (non-hydrogen) atoms. The minimum atomic E-state index is -2.97. The topological polar surface area (TPSA) is 92.5 Å². The van der Waals surface area contributed by atoms with Gasteiger partial charge in [0, 0.05) is 38.9 Å². The van der Waals surface area contributed by atoms with Crippen molar-refractivity contribution in [1.82, 2.24) is 15.2 Å². The molecule has 7 nitrogen and oxygen atoms in total. The molecule has 3 rings (SSSR count). The van der Waals surface area contributed by atoms with Crippen molar-refractivity contribution in [2.75, 3.05) is 31.6 Å². The summed E-state index contributed by atoms with van der Waals surface area (Å²) in [6.07, 6.45) is 3.64. The summed E-state index contributed by atoms with van der Waals surface area (Å²) in [7, 11) is -2.97. The van der Waals surface area contributed by atoms with Gasteiger partial charge in [-0.1, -0.05) is 0 Å². The van der Waals surface area contributed by atoms with Crippen molar-refractivity contribution in [3.8, 4) is 0 Å². The molecule has 1 saturated carbocycles. The summed E-state index contributed by atoms with van der Waals surface area (Å²) >= 11 is 0.